The standard InChI is InChI=1S/C16H17ClN2O3/c1-21-15-6-5-12(17)8-14(15)19-16(20)10-22-13-4-2-3-11(7-13)9-18/h2-8H,9-10,18H2,1H3,(H,19,20). The molecule has 0 spiro atoms. The van der Waals surface area contributed by atoms with Crippen LogP contribution >= 0.6 is 11.6 Å². The molecular formula is C16H17ClN2O3. The monoisotopic (exact) mass is 320 g/mol. The van der Waals surface area contributed by atoms with E-state index in [2.05, 4.69) is 5.32 Å². The van der Waals surface area contributed by atoms with E-state index in [1.807, 2.05) is 12.1 Å². The van der Waals surface area contributed by atoms with Crippen molar-refractivity contribution in [2.45, 2.75) is 6.54 Å². The summed E-state index contributed by atoms with van der Waals surface area (Å²) in [5.41, 5.74) is 7.00. The van der Waals surface area contributed by atoms with Gasteiger partial charge in [0.05, 0.1) is 12.8 Å². The fraction of sp³-hybridized carbons (Fsp3) is 0.188. The third-order valence-corrected chi connectivity index (χ3v) is 3.17. The van der Waals surface area contributed by atoms with E-state index in [-0.39, 0.29) is 12.5 Å². The van der Waals surface area contributed by atoms with Gasteiger partial charge < -0.3 is 20.5 Å². The topological polar surface area (TPSA) is 73.6 Å². The Morgan fingerprint density at radius 2 is 2.09 bits per heavy atom. The van der Waals surface area contributed by atoms with Gasteiger partial charge in [-0.25, -0.2) is 0 Å². The molecule has 0 fully saturated rings. The van der Waals surface area contributed by atoms with Crippen molar-refractivity contribution in [2.24, 2.45) is 5.73 Å². The Balaban J connectivity index is 1.97. The fourth-order valence-corrected chi connectivity index (χ4v) is 2.05. The summed E-state index contributed by atoms with van der Waals surface area (Å²) >= 11 is 5.91. The summed E-state index contributed by atoms with van der Waals surface area (Å²) < 4.78 is 10.6. The average Bonchev–Trinajstić information content (AvgIpc) is 2.53. The number of nitrogens with two attached hydrogens (primary N) is 1. The molecule has 0 aromatic heterocycles. The lowest BCUT2D eigenvalue weighted by atomic mass is 10.2. The van der Waals surface area contributed by atoms with Crippen molar-refractivity contribution in [1.82, 2.24) is 0 Å². The van der Waals surface area contributed by atoms with Crippen LogP contribution in [0.1, 0.15) is 5.56 Å². The molecule has 1 amide bonds. The Hall–Kier alpha value is -2.24. The highest BCUT2D eigenvalue weighted by Gasteiger charge is 2.09. The minimum Gasteiger partial charge on any atom is -0.495 e. The number of rotatable bonds is 6. The molecule has 3 N–H and O–H groups in total. The molecule has 0 saturated heterocycles. The van der Waals surface area contributed by atoms with Crippen LogP contribution in [0.15, 0.2) is 42.5 Å². The highest BCUT2D eigenvalue weighted by Crippen LogP contribution is 2.27. The summed E-state index contributed by atoms with van der Waals surface area (Å²) in [6, 6.07) is 12.3. The summed E-state index contributed by atoms with van der Waals surface area (Å²) in [5.74, 6) is 0.817. The zero-order valence-corrected chi connectivity index (χ0v) is 12.9. The predicted molar refractivity (Wildman–Crippen MR) is 86.5 cm³/mol. The van der Waals surface area contributed by atoms with Gasteiger partial charge in [0, 0.05) is 11.6 Å². The third-order valence-electron chi connectivity index (χ3n) is 2.94. The molecule has 0 aliphatic rings. The van der Waals surface area contributed by atoms with Crippen LogP contribution in [0.3, 0.4) is 0 Å². The van der Waals surface area contributed by atoms with Gasteiger partial charge in [-0.1, -0.05) is 23.7 Å². The zero-order chi connectivity index (χ0) is 15.9. The van der Waals surface area contributed by atoms with Crippen LogP contribution < -0.4 is 20.5 Å². The first-order valence-electron chi connectivity index (χ1n) is 6.67. The van der Waals surface area contributed by atoms with Crippen LogP contribution in [0.4, 0.5) is 5.69 Å². The summed E-state index contributed by atoms with van der Waals surface area (Å²) in [7, 11) is 1.52. The van der Waals surface area contributed by atoms with Crippen molar-refractivity contribution in [3.8, 4) is 11.5 Å². The average molecular weight is 321 g/mol. The summed E-state index contributed by atoms with van der Waals surface area (Å²) in [6.07, 6.45) is 0. The molecule has 2 rings (SSSR count). The lowest BCUT2D eigenvalue weighted by molar-refractivity contribution is -0.118. The van der Waals surface area contributed by atoms with Gasteiger partial charge in [-0.15, -0.1) is 0 Å². The van der Waals surface area contributed by atoms with E-state index in [1.165, 1.54) is 7.11 Å². The van der Waals surface area contributed by atoms with Gasteiger partial charge in [-0.05, 0) is 35.9 Å². The molecule has 0 heterocycles. The van der Waals surface area contributed by atoms with Crippen molar-refractivity contribution in [1.29, 1.82) is 0 Å². The summed E-state index contributed by atoms with van der Waals surface area (Å²) in [5, 5.41) is 3.21. The van der Waals surface area contributed by atoms with Gasteiger partial charge >= 0.3 is 0 Å². The number of nitrogens with one attached hydrogen (secondary N) is 1. The fourth-order valence-electron chi connectivity index (χ4n) is 1.88. The number of halogens is 1. The third kappa shape index (κ3) is 4.38. The second-order valence-electron chi connectivity index (χ2n) is 4.53. The van der Waals surface area contributed by atoms with Crippen LogP contribution in [0.2, 0.25) is 5.02 Å². The Morgan fingerprint density at radius 3 is 2.82 bits per heavy atom. The van der Waals surface area contributed by atoms with Crippen LogP contribution in [0, 0.1) is 0 Å². The van der Waals surface area contributed by atoms with Gasteiger partial charge in [-0.2, -0.15) is 0 Å². The lowest BCUT2D eigenvalue weighted by Crippen LogP contribution is -2.20. The van der Waals surface area contributed by atoms with E-state index >= 15 is 0 Å². The van der Waals surface area contributed by atoms with E-state index in [9.17, 15) is 4.79 Å². The highest BCUT2D eigenvalue weighted by atomic mass is 35.5. The molecule has 2 aromatic rings. The van der Waals surface area contributed by atoms with E-state index in [1.54, 1.807) is 30.3 Å². The number of benzene rings is 2. The van der Waals surface area contributed by atoms with Gasteiger partial charge in [0.2, 0.25) is 0 Å². The smallest absolute Gasteiger partial charge is 0.262 e. The maximum absolute atomic E-state index is 12.0. The van der Waals surface area contributed by atoms with E-state index in [0.717, 1.165) is 5.56 Å². The molecule has 2 aromatic carbocycles. The molecule has 0 aliphatic carbocycles. The number of amides is 1. The zero-order valence-electron chi connectivity index (χ0n) is 12.1. The number of carbonyl (C=O) groups is 1. The minimum atomic E-state index is -0.307. The normalized spacial score (nSPS) is 10.1. The predicted octanol–water partition coefficient (Wildman–Crippen LogP) is 2.82. The van der Waals surface area contributed by atoms with Crippen molar-refractivity contribution >= 4 is 23.2 Å². The molecule has 0 radical (unpaired) electrons. The molecule has 0 aliphatic heterocycles. The Kier molecular flexibility index (Phi) is 5.63. The maximum atomic E-state index is 12.0. The minimum absolute atomic E-state index is 0.121. The van der Waals surface area contributed by atoms with E-state index in [4.69, 9.17) is 26.8 Å². The van der Waals surface area contributed by atoms with Crippen molar-refractivity contribution < 1.29 is 14.3 Å². The van der Waals surface area contributed by atoms with Crippen molar-refractivity contribution in [2.75, 3.05) is 19.0 Å². The number of anilines is 1. The number of carbonyl (C=O) groups excluding carboxylic acids is 1. The van der Waals surface area contributed by atoms with Crippen LogP contribution in [-0.2, 0) is 11.3 Å². The Bertz CT molecular complexity index is 662. The van der Waals surface area contributed by atoms with Crippen molar-refractivity contribution in [3.63, 3.8) is 0 Å². The highest BCUT2D eigenvalue weighted by molar-refractivity contribution is 6.31. The van der Waals surface area contributed by atoms with E-state index < -0.39 is 0 Å². The quantitative estimate of drug-likeness (QED) is 0.858. The first-order chi connectivity index (χ1) is 10.6. The maximum Gasteiger partial charge on any atom is 0.262 e. The first-order valence-corrected chi connectivity index (χ1v) is 7.05. The van der Waals surface area contributed by atoms with E-state index in [0.29, 0.717) is 28.8 Å². The molecule has 5 nitrogen and oxygen atoms in total. The second kappa shape index (κ2) is 7.68. The lowest BCUT2D eigenvalue weighted by Gasteiger charge is -2.11. The number of methoxy groups -OCH3 is 1. The van der Waals surface area contributed by atoms with Crippen LogP contribution in [0.25, 0.3) is 0 Å². The first kappa shape index (κ1) is 16.1. The molecule has 116 valence electrons. The van der Waals surface area contributed by atoms with Crippen LogP contribution in [-0.4, -0.2) is 19.6 Å². The van der Waals surface area contributed by atoms with Gasteiger partial charge in [0.25, 0.3) is 5.91 Å². The van der Waals surface area contributed by atoms with Gasteiger partial charge in [0.1, 0.15) is 11.5 Å². The molecule has 0 saturated carbocycles. The summed E-state index contributed by atoms with van der Waals surface area (Å²) in [4.78, 5) is 12.0. The van der Waals surface area contributed by atoms with Gasteiger partial charge in [-0.3, -0.25) is 4.79 Å². The van der Waals surface area contributed by atoms with Crippen molar-refractivity contribution in [3.05, 3.63) is 53.1 Å². The Morgan fingerprint density at radius 1 is 1.27 bits per heavy atom. The molecule has 0 atom stereocenters. The van der Waals surface area contributed by atoms with Gasteiger partial charge in [0.15, 0.2) is 6.61 Å². The van der Waals surface area contributed by atoms with Crippen LogP contribution in [0.5, 0.6) is 11.5 Å². The number of hydrogen-bond acceptors (Lipinski definition) is 4. The molecule has 0 unspecified atom stereocenters. The molecular weight excluding hydrogens is 304 g/mol. The second-order valence-corrected chi connectivity index (χ2v) is 4.97. The largest absolute Gasteiger partial charge is 0.495 e. The molecule has 6 heteroatoms. The number of ether oxygens (including phenoxy) is 2. The Labute approximate surface area is 134 Å². The number of hydrogen-bond donors (Lipinski definition) is 2. The summed E-state index contributed by atoms with van der Waals surface area (Å²) in [6.45, 7) is 0.298. The molecule has 0 bridgehead atoms. The SMILES string of the molecule is COc1ccc(Cl)cc1NC(=O)COc1cccc(CN)c1. The molecule has 22 heavy (non-hydrogen) atoms.